The average molecular weight is 1060 g/mol. The van der Waals surface area contributed by atoms with Crippen LogP contribution in [0.1, 0.15) is 383 Å². The standard InChI is InChI=1S/C70H137FO4/c1-10-16-21-24-27-29-30-38-47-62(9)48-39-33-36-44-57-69(72)75-67(54-42-32-26-23-18-12-3)55-45-53-65(50-20-14-5)66(46-15-6)60-63(49-37-19-13-4)58-59-74-70(73)68(71)56-43-35-34-41-52-64(61(7)8)51-40-31-28-25-22-17-11-2/h61-68H,10-60H2,1-9H3/t62-,63?,64?,65?,66?,67?,68?/m1/s1. The van der Waals surface area contributed by atoms with Gasteiger partial charge in [0.2, 0.25) is 0 Å². The van der Waals surface area contributed by atoms with Crippen LogP contribution in [0.15, 0.2) is 0 Å². The van der Waals surface area contributed by atoms with Crippen LogP contribution in [0.5, 0.6) is 0 Å². The zero-order chi connectivity index (χ0) is 55.3. The van der Waals surface area contributed by atoms with Gasteiger partial charge in [-0.05, 0) is 93.3 Å². The summed E-state index contributed by atoms with van der Waals surface area (Å²) in [4.78, 5) is 26.3. The van der Waals surface area contributed by atoms with Crippen molar-refractivity contribution in [2.45, 2.75) is 396 Å². The molecule has 0 aliphatic heterocycles. The first-order valence-electron chi connectivity index (χ1n) is 34.6. The van der Waals surface area contributed by atoms with E-state index in [0.717, 1.165) is 88.4 Å². The number of halogens is 1. The normalized spacial score (nSPS) is 14.7. The van der Waals surface area contributed by atoms with Gasteiger partial charge in [-0.3, -0.25) is 4.79 Å². The van der Waals surface area contributed by atoms with E-state index in [1.165, 1.54) is 238 Å². The highest BCUT2D eigenvalue weighted by molar-refractivity contribution is 5.74. The lowest BCUT2D eigenvalue weighted by atomic mass is 9.75. The number of unbranched alkanes of at least 4 members (excludes halogenated alkanes) is 27. The summed E-state index contributed by atoms with van der Waals surface area (Å²) in [5, 5.41) is 0. The molecular weight excluding hydrogens is 924 g/mol. The average Bonchev–Trinajstić information content (AvgIpc) is 3.39. The fourth-order valence-electron chi connectivity index (χ4n) is 12.4. The Morgan fingerprint density at radius 2 is 0.760 bits per heavy atom. The van der Waals surface area contributed by atoms with Crippen LogP contribution in [0.3, 0.4) is 0 Å². The van der Waals surface area contributed by atoms with Crippen molar-refractivity contribution in [3.05, 3.63) is 0 Å². The SMILES string of the molecule is CCCCCCCCCC[C@@H](C)CCCCCCC(=O)OC(CCCCCCCC)CCCC(CCCC)C(CCC)CC(CCCCC)CCOC(=O)C(F)CCCCCCC(CCCCCCCCC)C(C)C. The largest absolute Gasteiger partial charge is 0.464 e. The molecule has 7 atom stereocenters. The number of alkyl halides is 1. The lowest BCUT2D eigenvalue weighted by Crippen LogP contribution is -2.23. The summed E-state index contributed by atoms with van der Waals surface area (Å²) in [6, 6.07) is 0. The van der Waals surface area contributed by atoms with Gasteiger partial charge in [0.25, 0.3) is 0 Å². The third-order valence-electron chi connectivity index (χ3n) is 17.7. The molecule has 75 heavy (non-hydrogen) atoms. The number of carbonyl (C=O) groups excluding carboxylic acids is 2. The molecule has 0 N–H and O–H groups in total. The summed E-state index contributed by atoms with van der Waals surface area (Å²) in [5.41, 5.74) is 0. The first kappa shape index (κ1) is 73.9. The minimum Gasteiger partial charge on any atom is -0.464 e. The molecule has 0 aliphatic carbocycles. The molecule has 0 aromatic rings. The minimum atomic E-state index is -1.50. The molecule has 0 spiro atoms. The molecule has 0 heterocycles. The molecule has 0 aliphatic rings. The van der Waals surface area contributed by atoms with Gasteiger partial charge in [-0.15, -0.1) is 0 Å². The number of hydrogen-bond acceptors (Lipinski definition) is 4. The van der Waals surface area contributed by atoms with Crippen molar-refractivity contribution >= 4 is 11.9 Å². The minimum absolute atomic E-state index is 0.0322. The van der Waals surface area contributed by atoms with Crippen LogP contribution in [-0.4, -0.2) is 30.8 Å². The topological polar surface area (TPSA) is 52.6 Å². The molecule has 4 nitrogen and oxygen atoms in total. The maximum atomic E-state index is 15.2. The Hall–Kier alpha value is -1.13. The summed E-state index contributed by atoms with van der Waals surface area (Å²) in [7, 11) is 0. The molecule has 5 heteroatoms. The van der Waals surface area contributed by atoms with Crippen molar-refractivity contribution < 1.29 is 23.5 Å². The van der Waals surface area contributed by atoms with Crippen LogP contribution in [-0.2, 0) is 19.1 Å². The summed E-state index contributed by atoms with van der Waals surface area (Å²) in [5.74, 6) is 3.54. The van der Waals surface area contributed by atoms with E-state index in [4.69, 9.17) is 9.47 Å². The highest BCUT2D eigenvalue weighted by Crippen LogP contribution is 2.36. The molecule has 0 saturated heterocycles. The van der Waals surface area contributed by atoms with Crippen LogP contribution < -0.4 is 0 Å². The molecule has 0 bridgehead atoms. The van der Waals surface area contributed by atoms with Crippen LogP contribution in [0, 0.1) is 35.5 Å². The first-order chi connectivity index (χ1) is 36.6. The van der Waals surface area contributed by atoms with E-state index < -0.39 is 12.1 Å². The van der Waals surface area contributed by atoms with Gasteiger partial charge in [0.05, 0.1) is 6.61 Å². The zero-order valence-electron chi connectivity index (χ0n) is 52.7. The predicted octanol–water partition coefficient (Wildman–Crippen LogP) is 24.2. The summed E-state index contributed by atoms with van der Waals surface area (Å²) >= 11 is 0. The van der Waals surface area contributed by atoms with Crippen LogP contribution in [0.2, 0.25) is 0 Å². The quantitative estimate of drug-likeness (QED) is 0.0450. The molecule has 0 radical (unpaired) electrons. The zero-order valence-corrected chi connectivity index (χ0v) is 52.7. The number of carbonyl (C=O) groups is 2. The lowest BCUT2D eigenvalue weighted by Gasteiger charge is -2.31. The van der Waals surface area contributed by atoms with E-state index in [0.29, 0.717) is 37.2 Å². The molecule has 0 rings (SSSR count). The van der Waals surface area contributed by atoms with Crippen molar-refractivity contribution in [2.24, 2.45) is 35.5 Å². The molecule has 448 valence electrons. The third-order valence-corrected chi connectivity index (χ3v) is 17.7. The Bertz CT molecular complexity index is 1170. The number of hydrogen-bond donors (Lipinski definition) is 0. The molecule has 0 aromatic heterocycles. The van der Waals surface area contributed by atoms with Crippen LogP contribution in [0.4, 0.5) is 4.39 Å². The Morgan fingerprint density at radius 3 is 1.27 bits per heavy atom. The van der Waals surface area contributed by atoms with Crippen LogP contribution >= 0.6 is 0 Å². The van der Waals surface area contributed by atoms with Gasteiger partial charge in [-0.25, -0.2) is 9.18 Å². The Labute approximate surface area is 471 Å². The van der Waals surface area contributed by atoms with E-state index >= 15 is 4.39 Å². The molecule has 0 aromatic carbocycles. The third kappa shape index (κ3) is 47.4. The van der Waals surface area contributed by atoms with E-state index in [2.05, 4.69) is 62.3 Å². The molecule has 0 fully saturated rings. The van der Waals surface area contributed by atoms with Gasteiger partial charge in [-0.1, -0.05) is 319 Å². The Morgan fingerprint density at radius 1 is 0.360 bits per heavy atom. The monoisotopic (exact) mass is 1060 g/mol. The summed E-state index contributed by atoms with van der Waals surface area (Å²) in [6.07, 6.45) is 59.1. The van der Waals surface area contributed by atoms with Gasteiger partial charge in [0.15, 0.2) is 6.17 Å². The number of rotatable bonds is 60. The summed E-state index contributed by atoms with van der Waals surface area (Å²) < 4.78 is 27.3. The second kappa shape index (κ2) is 56.2. The summed E-state index contributed by atoms with van der Waals surface area (Å²) in [6.45, 7) is 21.3. The highest BCUT2D eigenvalue weighted by atomic mass is 19.1. The molecule has 0 amide bonds. The highest BCUT2D eigenvalue weighted by Gasteiger charge is 2.26. The van der Waals surface area contributed by atoms with Gasteiger partial charge < -0.3 is 9.47 Å². The maximum absolute atomic E-state index is 15.2. The van der Waals surface area contributed by atoms with Crippen molar-refractivity contribution in [2.75, 3.05) is 6.61 Å². The van der Waals surface area contributed by atoms with E-state index in [1.807, 2.05) is 0 Å². The first-order valence-corrected chi connectivity index (χ1v) is 34.6. The predicted molar refractivity (Wildman–Crippen MR) is 329 cm³/mol. The number of esters is 2. The number of ether oxygens (including phenoxy) is 2. The second-order valence-corrected chi connectivity index (χ2v) is 25.3. The van der Waals surface area contributed by atoms with Crippen molar-refractivity contribution in [3.63, 3.8) is 0 Å². The van der Waals surface area contributed by atoms with Gasteiger partial charge in [0, 0.05) is 6.42 Å². The molecule has 6 unspecified atom stereocenters. The maximum Gasteiger partial charge on any atom is 0.340 e. The van der Waals surface area contributed by atoms with Crippen molar-refractivity contribution in [1.29, 1.82) is 0 Å². The van der Waals surface area contributed by atoms with Gasteiger partial charge in [0.1, 0.15) is 6.10 Å². The van der Waals surface area contributed by atoms with E-state index in [9.17, 15) is 9.59 Å². The van der Waals surface area contributed by atoms with Crippen LogP contribution in [0.25, 0.3) is 0 Å². The molecule has 0 saturated carbocycles. The second-order valence-electron chi connectivity index (χ2n) is 25.3. The molecular formula is C70H137FO4. The van der Waals surface area contributed by atoms with E-state index in [-0.39, 0.29) is 12.1 Å². The lowest BCUT2D eigenvalue weighted by molar-refractivity contribution is -0.151. The van der Waals surface area contributed by atoms with Crippen molar-refractivity contribution in [1.82, 2.24) is 0 Å². The fraction of sp³-hybridized carbons (Fsp3) is 0.971. The van der Waals surface area contributed by atoms with Gasteiger partial charge in [-0.2, -0.15) is 0 Å². The Balaban J connectivity index is 5.16. The Kier molecular flexibility index (Phi) is 55.3. The van der Waals surface area contributed by atoms with Gasteiger partial charge >= 0.3 is 11.9 Å². The smallest absolute Gasteiger partial charge is 0.340 e. The van der Waals surface area contributed by atoms with E-state index in [1.54, 1.807) is 0 Å². The fourth-order valence-corrected chi connectivity index (χ4v) is 12.4. The van der Waals surface area contributed by atoms with Crippen molar-refractivity contribution in [3.8, 4) is 0 Å².